The van der Waals surface area contributed by atoms with Crippen LogP contribution in [0.5, 0.6) is 0 Å². The predicted molar refractivity (Wildman–Crippen MR) is 73.0 cm³/mol. The van der Waals surface area contributed by atoms with Crippen LogP contribution < -0.4 is 5.73 Å². The minimum atomic E-state index is -3.04. The van der Waals surface area contributed by atoms with E-state index < -0.39 is 10.0 Å². The highest BCUT2D eigenvalue weighted by Gasteiger charge is 2.34. The van der Waals surface area contributed by atoms with Gasteiger partial charge in [-0.25, -0.2) is 12.7 Å². The maximum atomic E-state index is 12.2. The van der Waals surface area contributed by atoms with Crippen molar-refractivity contribution in [3.63, 3.8) is 0 Å². The molecule has 0 spiro atoms. The highest BCUT2D eigenvalue weighted by Crippen LogP contribution is 2.32. The Balaban J connectivity index is 1.59. The summed E-state index contributed by atoms with van der Waals surface area (Å²) in [5.74, 6) is 1.27. The number of piperidine rings is 1. The van der Waals surface area contributed by atoms with Crippen LogP contribution in [0.4, 0.5) is 5.82 Å². The summed E-state index contributed by atoms with van der Waals surface area (Å²) in [6, 6.07) is 2.04. The second-order valence-corrected chi connectivity index (χ2v) is 7.59. The van der Waals surface area contributed by atoms with Gasteiger partial charge in [-0.05, 0) is 37.7 Å². The van der Waals surface area contributed by atoms with Crippen LogP contribution in [0.2, 0.25) is 0 Å². The van der Waals surface area contributed by atoms with E-state index in [1.54, 1.807) is 10.4 Å². The van der Waals surface area contributed by atoms with Gasteiger partial charge in [0.15, 0.2) is 0 Å². The van der Waals surface area contributed by atoms with E-state index in [-0.39, 0.29) is 6.04 Å². The highest BCUT2D eigenvalue weighted by molar-refractivity contribution is 7.89. The molecule has 0 radical (unpaired) electrons. The van der Waals surface area contributed by atoms with Crippen molar-refractivity contribution in [3.8, 4) is 0 Å². The number of hydrogen-bond donors (Lipinski definition) is 1. The predicted octanol–water partition coefficient (Wildman–Crippen LogP) is 0.842. The third-order valence-corrected chi connectivity index (χ3v) is 6.01. The molecule has 2 aliphatic rings. The Morgan fingerprint density at radius 3 is 2.47 bits per heavy atom. The van der Waals surface area contributed by atoms with E-state index in [0.717, 1.165) is 25.7 Å². The fourth-order valence-electron chi connectivity index (χ4n) is 2.63. The van der Waals surface area contributed by atoms with Gasteiger partial charge in [0, 0.05) is 19.3 Å². The summed E-state index contributed by atoms with van der Waals surface area (Å²) in [6.45, 7) is 1.19. The SMILES string of the molecule is Nc1ccn(C2CCN(S(=O)(=O)CC3CC3)CC2)n1. The lowest BCUT2D eigenvalue weighted by atomic mass is 10.1. The van der Waals surface area contributed by atoms with Crippen LogP contribution in [0.15, 0.2) is 12.3 Å². The summed E-state index contributed by atoms with van der Waals surface area (Å²) >= 11 is 0. The van der Waals surface area contributed by atoms with E-state index in [1.807, 2.05) is 10.9 Å². The molecule has 2 fully saturated rings. The molecule has 3 rings (SSSR count). The maximum Gasteiger partial charge on any atom is 0.214 e. The van der Waals surface area contributed by atoms with Crippen molar-refractivity contribution >= 4 is 15.8 Å². The molecular formula is C12H20N4O2S. The number of sulfonamides is 1. The molecule has 0 amide bonds. The molecule has 1 saturated carbocycles. The Morgan fingerprint density at radius 2 is 1.95 bits per heavy atom. The first-order chi connectivity index (χ1) is 9.04. The van der Waals surface area contributed by atoms with Gasteiger partial charge in [0.25, 0.3) is 0 Å². The highest BCUT2D eigenvalue weighted by atomic mass is 32.2. The lowest BCUT2D eigenvalue weighted by molar-refractivity contribution is 0.261. The zero-order chi connectivity index (χ0) is 13.5. The van der Waals surface area contributed by atoms with Gasteiger partial charge in [-0.3, -0.25) is 4.68 Å². The molecule has 7 heteroatoms. The third kappa shape index (κ3) is 2.92. The summed E-state index contributed by atoms with van der Waals surface area (Å²) in [6.07, 6.45) is 5.63. The van der Waals surface area contributed by atoms with Gasteiger partial charge in [-0.2, -0.15) is 5.10 Å². The number of nitrogens with two attached hydrogens (primary N) is 1. The summed E-state index contributed by atoms with van der Waals surface area (Å²) < 4.78 is 27.8. The first kappa shape index (κ1) is 12.9. The van der Waals surface area contributed by atoms with Gasteiger partial charge in [0.05, 0.1) is 11.8 Å². The first-order valence-corrected chi connectivity index (χ1v) is 8.44. The smallest absolute Gasteiger partial charge is 0.214 e. The number of aromatic nitrogens is 2. The first-order valence-electron chi connectivity index (χ1n) is 6.83. The van der Waals surface area contributed by atoms with Crippen molar-refractivity contribution in [2.24, 2.45) is 5.92 Å². The van der Waals surface area contributed by atoms with Gasteiger partial charge in [-0.15, -0.1) is 0 Å². The van der Waals surface area contributed by atoms with E-state index in [4.69, 9.17) is 5.73 Å². The van der Waals surface area contributed by atoms with Crippen molar-refractivity contribution in [3.05, 3.63) is 12.3 Å². The van der Waals surface area contributed by atoms with E-state index in [2.05, 4.69) is 5.10 Å². The molecule has 19 heavy (non-hydrogen) atoms. The van der Waals surface area contributed by atoms with Gasteiger partial charge in [-0.1, -0.05) is 0 Å². The van der Waals surface area contributed by atoms with Crippen molar-refractivity contribution in [2.75, 3.05) is 24.6 Å². The van der Waals surface area contributed by atoms with Crippen molar-refractivity contribution in [1.29, 1.82) is 0 Å². The number of rotatable bonds is 4. The molecule has 1 aliphatic carbocycles. The fraction of sp³-hybridized carbons (Fsp3) is 0.750. The van der Waals surface area contributed by atoms with Crippen LogP contribution in [0.1, 0.15) is 31.7 Å². The molecule has 1 aromatic rings. The average molecular weight is 284 g/mol. The summed E-state index contributed by atoms with van der Waals surface area (Å²) in [4.78, 5) is 0. The largest absolute Gasteiger partial charge is 0.382 e. The number of anilines is 1. The van der Waals surface area contributed by atoms with Gasteiger partial charge < -0.3 is 5.73 Å². The zero-order valence-electron chi connectivity index (χ0n) is 10.9. The molecule has 0 unspecified atom stereocenters. The maximum absolute atomic E-state index is 12.2. The lowest BCUT2D eigenvalue weighted by Gasteiger charge is -2.31. The normalized spacial score (nSPS) is 22.7. The van der Waals surface area contributed by atoms with E-state index in [9.17, 15) is 8.42 Å². The van der Waals surface area contributed by atoms with Gasteiger partial charge in [0.2, 0.25) is 10.0 Å². The van der Waals surface area contributed by atoms with Crippen LogP contribution in [0.25, 0.3) is 0 Å². The summed E-state index contributed by atoms with van der Waals surface area (Å²) in [7, 11) is -3.04. The Hall–Kier alpha value is -1.08. The van der Waals surface area contributed by atoms with E-state index >= 15 is 0 Å². The van der Waals surface area contributed by atoms with Crippen LogP contribution in [-0.4, -0.2) is 41.3 Å². The Labute approximate surface area is 113 Å². The Kier molecular flexibility index (Phi) is 3.26. The topological polar surface area (TPSA) is 81.2 Å². The van der Waals surface area contributed by atoms with Crippen molar-refractivity contribution in [2.45, 2.75) is 31.7 Å². The molecule has 1 aromatic heterocycles. The quantitative estimate of drug-likeness (QED) is 0.888. The van der Waals surface area contributed by atoms with Gasteiger partial charge in [0.1, 0.15) is 5.82 Å². The monoisotopic (exact) mass is 284 g/mol. The Bertz CT molecular complexity index is 542. The molecule has 106 valence electrons. The zero-order valence-corrected chi connectivity index (χ0v) is 11.7. The van der Waals surface area contributed by atoms with Crippen LogP contribution in [-0.2, 0) is 10.0 Å². The second-order valence-electron chi connectivity index (χ2n) is 5.57. The molecular weight excluding hydrogens is 264 g/mol. The third-order valence-electron chi connectivity index (χ3n) is 3.96. The average Bonchev–Trinajstić information content (AvgIpc) is 3.07. The number of hydrogen-bond acceptors (Lipinski definition) is 4. The molecule has 1 saturated heterocycles. The second kappa shape index (κ2) is 4.79. The van der Waals surface area contributed by atoms with Crippen LogP contribution in [0, 0.1) is 5.92 Å². The molecule has 2 heterocycles. The van der Waals surface area contributed by atoms with Crippen LogP contribution in [0.3, 0.4) is 0 Å². The summed E-state index contributed by atoms with van der Waals surface area (Å²) in [5, 5.41) is 4.21. The molecule has 1 aliphatic heterocycles. The minimum absolute atomic E-state index is 0.268. The number of nitrogen functional groups attached to an aromatic ring is 1. The van der Waals surface area contributed by atoms with Crippen molar-refractivity contribution in [1.82, 2.24) is 14.1 Å². The van der Waals surface area contributed by atoms with Crippen LogP contribution >= 0.6 is 0 Å². The number of nitrogens with zero attached hydrogens (tertiary/aromatic N) is 3. The molecule has 0 bridgehead atoms. The molecule has 2 N–H and O–H groups in total. The molecule has 0 atom stereocenters. The Morgan fingerprint density at radius 1 is 1.26 bits per heavy atom. The van der Waals surface area contributed by atoms with Gasteiger partial charge >= 0.3 is 0 Å². The molecule has 0 aromatic carbocycles. The fourth-order valence-corrected chi connectivity index (χ4v) is 4.54. The standard InChI is InChI=1S/C12H20N4O2S/c13-12-5-8-16(14-12)11-3-6-15(7-4-11)19(17,18)9-10-1-2-10/h5,8,10-11H,1-4,6-7,9H2,(H2,13,14). The lowest BCUT2D eigenvalue weighted by Crippen LogP contribution is -2.40. The van der Waals surface area contributed by atoms with Crippen molar-refractivity contribution < 1.29 is 8.42 Å². The van der Waals surface area contributed by atoms with E-state index in [0.29, 0.717) is 30.6 Å². The van der Waals surface area contributed by atoms with E-state index in [1.165, 1.54) is 0 Å². The minimum Gasteiger partial charge on any atom is -0.382 e. The summed E-state index contributed by atoms with van der Waals surface area (Å²) in [5.41, 5.74) is 5.61. The molecule has 6 nitrogen and oxygen atoms in total.